The third-order valence-corrected chi connectivity index (χ3v) is 4.04. The number of thiophene rings is 1. The number of aromatic nitrogens is 1. The van der Waals surface area contributed by atoms with Crippen molar-refractivity contribution in [2.24, 2.45) is 10.9 Å². The highest BCUT2D eigenvalue weighted by atomic mass is 32.1. The first-order valence-electron chi connectivity index (χ1n) is 6.83. The number of carbonyl (C=O) groups is 1. The fraction of sp³-hybridized carbons (Fsp3) is 0.250. The molecule has 0 aliphatic carbocycles. The van der Waals surface area contributed by atoms with Crippen LogP contribution in [0.3, 0.4) is 0 Å². The summed E-state index contributed by atoms with van der Waals surface area (Å²) < 4.78 is 2.03. The Morgan fingerprint density at radius 2 is 2.32 bits per heavy atom. The van der Waals surface area contributed by atoms with Crippen molar-refractivity contribution in [1.29, 1.82) is 0 Å². The molecule has 116 valence electrons. The lowest BCUT2D eigenvalue weighted by Crippen LogP contribution is -2.15. The smallest absolute Gasteiger partial charge is 0.204 e. The van der Waals surface area contributed by atoms with Crippen molar-refractivity contribution in [3.05, 3.63) is 58.1 Å². The molecule has 0 atom stereocenters. The number of Topliss-reactive ketones (excluding diaryl/α,β-unsaturated/α-hetero) is 1. The number of oxime groups is 1. The van der Waals surface area contributed by atoms with Gasteiger partial charge in [0, 0.05) is 34.4 Å². The largest absolute Gasteiger partial charge is 0.386 e. The van der Waals surface area contributed by atoms with E-state index >= 15 is 0 Å². The summed E-state index contributed by atoms with van der Waals surface area (Å²) >= 11 is 1.52. The van der Waals surface area contributed by atoms with Crippen LogP contribution in [-0.2, 0) is 11.4 Å². The van der Waals surface area contributed by atoms with Gasteiger partial charge in [0.2, 0.25) is 5.78 Å². The fourth-order valence-electron chi connectivity index (χ4n) is 2.19. The predicted molar refractivity (Wildman–Crippen MR) is 89.4 cm³/mol. The quantitative estimate of drug-likeness (QED) is 0.281. The van der Waals surface area contributed by atoms with Gasteiger partial charge in [-0.1, -0.05) is 11.2 Å². The molecule has 2 aromatic rings. The summed E-state index contributed by atoms with van der Waals surface area (Å²) in [6.45, 7) is 8.13. The van der Waals surface area contributed by atoms with Crippen LogP contribution in [0.4, 0.5) is 0 Å². The lowest BCUT2D eigenvalue weighted by molar-refractivity contribution is 0.0775. The molecule has 0 fully saturated rings. The third kappa shape index (κ3) is 3.46. The van der Waals surface area contributed by atoms with Gasteiger partial charge in [0.1, 0.15) is 0 Å². The number of allylic oxidation sites excluding steroid dienone is 1. The molecule has 0 amide bonds. The zero-order valence-electron chi connectivity index (χ0n) is 12.7. The standard InChI is InChI=1S/C16H19N3O2S/c1-4-6-19-11(2)8-14(12(19)3)15(20)9-21-18-16(17)13-5-7-22-10-13/h4-5,7-8,10H,1,6,9H2,2-3H3,(H2,17,18). The Labute approximate surface area is 133 Å². The van der Waals surface area contributed by atoms with Crippen molar-refractivity contribution in [1.82, 2.24) is 4.57 Å². The van der Waals surface area contributed by atoms with Gasteiger partial charge in [-0.15, -0.1) is 6.58 Å². The Morgan fingerprint density at radius 3 is 2.95 bits per heavy atom. The van der Waals surface area contributed by atoms with Crippen LogP contribution in [0.25, 0.3) is 0 Å². The number of nitrogens with zero attached hydrogens (tertiary/aromatic N) is 2. The molecule has 0 radical (unpaired) electrons. The van der Waals surface area contributed by atoms with Crippen molar-refractivity contribution in [3.63, 3.8) is 0 Å². The first-order chi connectivity index (χ1) is 10.5. The number of aryl methyl sites for hydroxylation is 1. The summed E-state index contributed by atoms with van der Waals surface area (Å²) in [5.74, 6) is 0.150. The molecule has 5 nitrogen and oxygen atoms in total. The molecule has 0 aliphatic heterocycles. The predicted octanol–water partition coefficient (Wildman–Crippen LogP) is 2.87. The van der Waals surface area contributed by atoms with E-state index < -0.39 is 0 Å². The van der Waals surface area contributed by atoms with E-state index in [2.05, 4.69) is 11.7 Å². The first-order valence-corrected chi connectivity index (χ1v) is 7.77. The monoisotopic (exact) mass is 317 g/mol. The molecular weight excluding hydrogens is 298 g/mol. The van der Waals surface area contributed by atoms with Crippen molar-refractivity contribution in [2.45, 2.75) is 20.4 Å². The van der Waals surface area contributed by atoms with Gasteiger partial charge >= 0.3 is 0 Å². The number of carbonyl (C=O) groups excluding carboxylic acids is 1. The van der Waals surface area contributed by atoms with Gasteiger partial charge in [-0.2, -0.15) is 11.3 Å². The molecule has 2 rings (SSSR count). The third-order valence-electron chi connectivity index (χ3n) is 3.36. The topological polar surface area (TPSA) is 69.6 Å². The van der Waals surface area contributed by atoms with Crippen LogP contribution >= 0.6 is 11.3 Å². The van der Waals surface area contributed by atoms with Crippen LogP contribution in [0, 0.1) is 13.8 Å². The van der Waals surface area contributed by atoms with Crippen molar-refractivity contribution >= 4 is 23.0 Å². The summed E-state index contributed by atoms with van der Waals surface area (Å²) in [7, 11) is 0. The second kappa shape index (κ2) is 7.09. The average molecular weight is 317 g/mol. The van der Waals surface area contributed by atoms with Crippen molar-refractivity contribution < 1.29 is 9.63 Å². The summed E-state index contributed by atoms with van der Waals surface area (Å²) in [5.41, 5.74) is 9.12. The molecule has 0 saturated carbocycles. The number of hydrogen-bond donors (Lipinski definition) is 1. The zero-order chi connectivity index (χ0) is 16.1. The van der Waals surface area contributed by atoms with Crippen LogP contribution in [-0.4, -0.2) is 22.8 Å². The molecule has 2 aromatic heterocycles. The SMILES string of the molecule is C=CCn1c(C)cc(C(=O)CO/N=C(\N)c2ccsc2)c1C. The molecule has 2 heterocycles. The van der Waals surface area contributed by atoms with Gasteiger partial charge in [0.05, 0.1) is 0 Å². The average Bonchev–Trinajstić information content (AvgIpc) is 3.11. The van der Waals surface area contributed by atoms with E-state index in [1.165, 1.54) is 11.3 Å². The van der Waals surface area contributed by atoms with Gasteiger partial charge in [-0.25, -0.2) is 0 Å². The van der Waals surface area contributed by atoms with Gasteiger partial charge < -0.3 is 15.1 Å². The van der Waals surface area contributed by atoms with Crippen molar-refractivity contribution in [2.75, 3.05) is 6.61 Å². The molecule has 0 aromatic carbocycles. The molecule has 6 heteroatoms. The van der Waals surface area contributed by atoms with E-state index in [1.807, 2.05) is 41.3 Å². The molecular formula is C16H19N3O2S. The van der Waals surface area contributed by atoms with E-state index in [1.54, 1.807) is 6.08 Å². The number of amidine groups is 1. The van der Waals surface area contributed by atoms with Gasteiger partial charge in [-0.05, 0) is 31.4 Å². The van der Waals surface area contributed by atoms with Crippen LogP contribution in [0.15, 0.2) is 40.7 Å². The number of hydrogen-bond acceptors (Lipinski definition) is 4. The summed E-state index contributed by atoms with van der Waals surface area (Å²) in [6.07, 6.45) is 1.80. The molecule has 0 spiro atoms. The minimum Gasteiger partial charge on any atom is -0.386 e. The first kappa shape index (κ1) is 16.0. The molecule has 2 N–H and O–H groups in total. The van der Waals surface area contributed by atoms with Crippen LogP contribution in [0.1, 0.15) is 27.3 Å². The maximum Gasteiger partial charge on any atom is 0.204 e. The van der Waals surface area contributed by atoms with Gasteiger partial charge in [-0.3, -0.25) is 4.79 Å². The van der Waals surface area contributed by atoms with E-state index in [0.29, 0.717) is 12.1 Å². The molecule has 0 saturated heterocycles. The second-order valence-corrected chi connectivity index (χ2v) is 5.65. The highest BCUT2D eigenvalue weighted by molar-refractivity contribution is 7.08. The van der Waals surface area contributed by atoms with Crippen LogP contribution < -0.4 is 5.73 Å². The second-order valence-electron chi connectivity index (χ2n) is 4.87. The fourth-order valence-corrected chi connectivity index (χ4v) is 2.84. The number of rotatable bonds is 7. The van der Waals surface area contributed by atoms with Crippen LogP contribution in [0.2, 0.25) is 0 Å². The zero-order valence-corrected chi connectivity index (χ0v) is 13.5. The number of ketones is 1. The lowest BCUT2D eigenvalue weighted by Gasteiger charge is -2.06. The van der Waals surface area contributed by atoms with E-state index in [0.717, 1.165) is 17.0 Å². The molecule has 0 unspecified atom stereocenters. The number of nitrogens with two attached hydrogens (primary N) is 1. The van der Waals surface area contributed by atoms with E-state index in [9.17, 15) is 4.79 Å². The molecule has 22 heavy (non-hydrogen) atoms. The molecule has 0 aliphatic rings. The summed E-state index contributed by atoms with van der Waals surface area (Å²) in [6, 6.07) is 3.70. The minimum absolute atomic E-state index is 0.120. The maximum absolute atomic E-state index is 12.2. The van der Waals surface area contributed by atoms with Crippen molar-refractivity contribution in [3.8, 4) is 0 Å². The summed E-state index contributed by atoms with van der Waals surface area (Å²) in [5, 5.41) is 7.55. The Balaban J connectivity index is 2.02. The van der Waals surface area contributed by atoms with Gasteiger partial charge in [0.15, 0.2) is 12.4 Å². The van der Waals surface area contributed by atoms with Gasteiger partial charge in [0.25, 0.3) is 0 Å². The summed E-state index contributed by atoms with van der Waals surface area (Å²) in [4.78, 5) is 17.3. The Morgan fingerprint density at radius 1 is 1.55 bits per heavy atom. The normalized spacial score (nSPS) is 11.5. The van der Waals surface area contributed by atoms with Crippen LogP contribution in [0.5, 0.6) is 0 Å². The highest BCUT2D eigenvalue weighted by Gasteiger charge is 2.15. The Bertz CT molecular complexity index is 699. The highest BCUT2D eigenvalue weighted by Crippen LogP contribution is 2.16. The van der Waals surface area contributed by atoms with E-state index in [-0.39, 0.29) is 18.2 Å². The molecule has 0 bridgehead atoms. The Hall–Kier alpha value is -2.34. The minimum atomic E-state index is -0.136. The van der Waals surface area contributed by atoms with E-state index in [4.69, 9.17) is 10.6 Å². The lowest BCUT2D eigenvalue weighted by atomic mass is 10.2. The maximum atomic E-state index is 12.2. The Kier molecular flexibility index (Phi) is 5.16.